The Balaban J connectivity index is 0.00000576. The highest BCUT2D eigenvalue weighted by molar-refractivity contribution is 14.0. The summed E-state index contributed by atoms with van der Waals surface area (Å²) in [5.74, 6) is 1.24. The third kappa shape index (κ3) is 10.2. The van der Waals surface area contributed by atoms with Gasteiger partial charge in [-0.1, -0.05) is 13.8 Å². The lowest BCUT2D eigenvalue weighted by Gasteiger charge is -2.31. The Morgan fingerprint density at radius 1 is 1.16 bits per heavy atom. The van der Waals surface area contributed by atoms with Gasteiger partial charge in [-0.3, -0.25) is 9.69 Å². The van der Waals surface area contributed by atoms with Gasteiger partial charge in [0.1, 0.15) is 6.54 Å². The van der Waals surface area contributed by atoms with Crippen LogP contribution in [0.1, 0.15) is 54.4 Å². The van der Waals surface area contributed by atoms with Crippen molar-refractivity contribution in [2.45, 2.75) is 66.0 Å². The Bertz CT molecular complexity index is 414. The van der Waals surface area contributed by atoms with Crippen LogP contribution < -0.4 is 16.0 Å². The Labute approximate surface area is 171 Å². The molecule has 0 radical (unpaired) electrons. The Morgan fingerprint density at radius 2 is 1.76 bits per heavy atom. The number of hydrogen-bond donors (Lipinski definition) is 3. The second-order valence-electron chi connectivity index (χ2n) is 7.93. The summed E-state index contributed by atoms with van der Waals surface area (Å²) < 4.78 is 0. The van der Waals surface area contributed by atoms with Crippen molar-refractivity contribution < 1.29 is 4.79 Å². The molecule has 0 bridgehead atoms. The van der Waals surface area contributed by atoms with Crippen molar-refractivity contribution >= 4 is 35.8 Å². The number of nitrogens with one attached hydrogen (secondary N) is 3. The molecule has 0 aromatic rings. The van der Waals surface area contributed by atoms with Crippen molar-refractivity contribution in [1.29, 1.82) is 0 Å². The maximum atomic E-state index is 11.9. The molecule has 1 aliphatic rings. The largest absolute Gasteiger partial charge is 0.357 e. The minimum Gasteiger partial charge on any atom is -0.357 e. The van der Waals surface area contributed by atoms with Gasteiger partial charge in [-0.05, 0) is 59.5 Å². The number of aliphatic imine (C=N–C) groups is 1. The minimum absolute atomic E-state index is 0. The molecule has 3 N–H and O–H groups in total. The predicted octanol–water partition coefficient (Wildman–Crippen LogP) is 2.19. The number of hydrogen-bond acceptors (Lipinski definition) is 3. The van der Waals surface area contributed by atoms with Crippen LogP contribution in [0.25, 0.3) is 0 Å². The van der Waals surface area contributed by atoms with Crippen LogP contribution in [-0.2, 0) is 4.79 Å². The number of rotatable bonds is 7. The van der Waals surface area contributed by atoms with Gasteiger partial charge in [0.05, 0.1) is 0 Å². The molecule has 7 heteroatoms. The predicted molar refractivity (Wildman–Crippen MR) is 117 cm³/mol. The number of amides is 1. The van der Waals surface area contributed by atoms with Crippen LogP contribution in [-0.4, -0.2) is 61.1 Å². The highest BCUT2D eigenvalue weighted by Gasteiger charge is 2.24. The Morgan fingerprint density at radius 3 is 2.24 bits per heavy atom. The van der Waals surface area contributed by atoms with Crippen LogP contribution in [0.5, 0.6) is 0 Å². The van der Waals surface area contributed by atoms with Gasteiger partial charge < -0.3 is 16.0 Å². The van der Waals surface area contributed by atoms with Gasteiger partial charge in [0.2, 0.25) is 5.91 Å². The Hall–Kier alpha value is -0.570. The Kier molecular flexibility index (Phi) is 11.7. The van der Waals surface area contributed by atoms with Gasteiger partial charge in [-0.25, -0.2) is 4.99 Å². The lowest BCUT2D eigenvalue weighted by atomic mass is 10.0. The second kappa shape index (κ2) is 11.9. The zero-order valence-corrected chi connectivity index (χ0v) is 19.1. The fraction of sp³-hybridized carbons (Fsp3) is 0.889. The summed E-state index contributed by atoms with van der Waals surface area (Å²) in [6, 6.07) is 0.500. The van der Waals surface area contributed by atoms with Crippen molar-refractivity contribution in [2.24, 2.45) is 10.9 Å². The zero-order chi connectivity index (χ0) is 18.2. The maximum Gasteiger partial charge on any atom is 0.242 e. The summed E-state index contributed by atoms with van der Waals surface area (Å²) in [4.78, 5) is 18.9. The van der Waals surface area contributed by atoms with Crippen LogP contribution in [0.15, 0.2) is 4.99 Å². The molecular weight excluding hydrogens is 429 g/mol. The number of halogens is 1. The summed E-state index contributed by atoms with van der Waals surface area (Å²) >= 11 is 0. The van der Waals surface area contributed by atoms with Crippen LogP contribution in [0.3, 0.4) is 0 Å². The monoisotopic (exact) mass is 467 g/mol. The van der Waals surface area contributed by atoms with Gasteiger partial charge in [0.25, 0.3) is 0 Å². The average molecular weight is 467 g/mol. The van der Waals surface area contributed by atoms with Crippen LogP contribution >= 0.6 is 24.0 Å². The molecule has 1 amide bonds. The minimum atomic E-state index is -0.225. The fourth-order valence-corrected chi connectivity index (χ4v) is 3.01. The number of guanidine groups is 1. The van der Waals surface area contributed by atoms with E-state index in [0.29, 0.717) is 17.9 Å². The molecule has 6 nitrogen and oxygen atoms in total. The van der Waals surface area contributed by atoms with E-state index in [1.165, 1.54) is 25.9 Å². The van der Waals surface area contributed by atoms with Gasteiger partial charge in [0.15, 0.2) is 5.96 Å². The van der Waals surface area contributed by atoms with Crippen molar-refractivity contribution in [3.8, 4) is 0 Å². The zero-order valence-electron chi connectivity index (χ0n) is 16.8. The van der Waals surface area contributed by atoms with Crippen molar-refractivity contribution in [2.75, 3.05) is 32.7 Å². The molecule has 0 aromatic carbocycles. The number of carbonyl (C=O) groups is 1. The van der Waals surface area contributed by atoms with E-state index < -0.39 is 0 Å². The standard InChI is InChI=1S/C18H37N5O.HI/c1-7-19-17(21-13-16(24)22-18(4,5)6)20-12-15(14(2)3)23-10-8-9-11-23;/h14-15H,7-13H2,1-6H3,(H,22,24)(H2,19,20,21);1H. The van der Waals surface area contributed by atoms with E-state index in [9.17, 15) is 4.79 Å². The van der Waals surface area contributed by atoms with E-state index in [1.54, 1.807) is 0 Å². The SMILES string of the molecule is CCNC(=NCC(=O)NC(C)(C)C)NCC(C(C)C)N1CCCC1.I. The lowest BCUT2D eigenvalue weighted by molar-refractivity contribution is -0.121. The molecule has 1 aliphatic heterocycles. The molecule has 1 fully saturated rings. The first-order valence-electron chi connectivity index (χ1n) is 9.30. The molecular formula is C18H38IN5O. The van der Waals surface area contributed by atoms with E-state index in [4.69, 9.17) is 0 Å². The van der Waals surface area contributed by atoms with Crippen LogP contribution in [0.4, 0.5) is 0 Å². The number of carbonyl (C=O) groups excluding carboxylic acids is 1. The maximum absolute atomic E-state index is 11.9. The molecule has 1 saturated heterocycles. The van der Waals surface area contributed by atoms with E-state index in [0.717, 1.165) is 13.1 Å². The highest BCUT2D eigenvalue weighted by atomic mass is 127. The van der Waals surface area contributed by atoms with Crippen molar-refractivity contribution in [1.82, 2.24) is 20.9 Å². The number of nitrogens with zero attached hydrogens (tertiary/aromatic N) is 2. The molecule has 0 aromatic heterocycles. The summed E-state index contributed by atoms with van der Waals surface area (Å²) in [6.45, 7) is 16.6. The van der Waals surface area contributed by atoms with E-state index >= 15 is 0 Å². The molecule has 0 spiro atoms. The van der Waals surface area contributed by atoms with Gasteiger partial charge in [-0.15, -0.1) is 24.0 Å². The summed E-state index contributed by atoms with van der Waals surface area (Å²) in [7, 11) is 0. The molecule has 1 heterocycles. The van der Waals surface area contributed by atoms with E-state index in [2.05, 4.69) is 39.7 Å². The first kappa shape index (κ1) is 24.4. The molecule has 0 saturated carbocycles. The van der Waals surface area contributed by atoms with Crippen LogP contribution in [0, 0.1) is 5.92 Å². The summed E-state index contributed by atoms with van der Waals surface area (Å²) in [5, 5.41) is 9.58. The molecule has 1 atom stereocenters. The highest BCUT2D eigenvalue weighted by Crippen LogP contribution is 2.17. The smallest absolute Gasteiger partial charge is 0.242 e. The quantitative estimate of drug-likeness (QED) is 0.305. The summed E-state index contributed by atoms with van der Waals surface area (Å²) in [6.07, 6.45) is 2.59. The van der Waals surface area contributed by atoms with Gasteiger partial charge in [-0.2, -0.15) is 0 Å². The lowest BCUT2D eigenvalue weighted by Crippen LogP contribution is -2.49. The van der Waals surface area contributed by atoms with Crippen LogP contribution in [0.2, 0.25) is 0 Å². The molecule has 1 rings (SSSR count). The molecule has 148 valence electrons. The van der Waals surface area contributed by atoms with Crippen molar-refractivity contribution in [3.63, 3.8) is 0 Å². The average Bonchev–Trinajstić information content (AvgIpc) is 2.96. The van der Waals surface area contributed by atoms with Gasteiger partial charge >= 0.3 is 0 Å². The second-order valence-corrected chi connectivity index (χ2v) is 7.93. The summed E-state index contributed by atoms with van der Waals surface area (Å²) in [5.41, 5.74) is -0.225. The molecule has 0 aliphatic carbocycles. The molecule has 25 heavy (non-hydrogen) atoms. The third-order valence-electron chi connectivity index (χ3n) is 4.10. The normalized spacial score (nSPS) is 17.2. The number of likely N-dealkylation sites (tertiary alicyclic amines) is 1. The first-order valence-corrected chi connectivity index (χ1v) is 9.30. The van der Waals surface area contributed by atoms with E-state index in [1.807, 2.05) is 27.7 Å². The first-order chi connectivity index (χ1) is 11.2. The fourth-order valence-electron chi connectivity index (χ4n) is 3.01. The topological polar surface area (TPSA) is 68.8 Å². The van der Waals surface area contributed by atoms with Crippen molar-refractivity contribution in [3.05, 3.63) is 0 Å². The third-order valence-corrected chi connectivity index (χ3v) is 4.10. The van der Waals surface area contributed by atoms with E-state index in [-0.39, 0.29) is 42.0 Å². The van der Waals surface area contributed by atoms with Gasteiger partial charge in [0, 0.05) is 24.7 Å². The molecule has 1 unspecified atom stereocenters.